The van der Waals surface area contributed by atoms with Crippen LogP contribution >= 0.6 is 11.6 Å². The highest BCUT2D eigenvalue weighted by atomic mass is 35.5. The van der Waals surface area contributed by atoms with E-state index in [1.807, 2.05) is 44.2 Å². The number of aryl methyl sites for hydroxylation is 2. The lowest BCUT2D eigenvalue weighted by Crippen LogP contribution is -2.44. The van der Waals surface area contributed by atoms with Crippen molar-refractivity contribution in [1.29, 1.82) is 0 Å². The lowest BCUT2D eigenvalue weighted by Gasteiger charge is -2.33. The standard InChI is InChI=1S/C22H25ClN8O/c1-13-10-15-16(24-13)4-5-17(21(15)23)32-20-12-19(31-8-6-30(3)7-9-31)26-22(27-20)25-18-11-14(2)28-29-18/h4-5,10-12,24H,6-9H2,1-3H3,(H2,25,26,27,28,29). The molecule has 4 aromatic rings. The van der Waals surface area contributed by atoms with E-state index in [9.17, 15) is 0 Å². The third kappa shape index (κ3) is 4.21. The molecule has 0 bridgehead atoms. The zero-order valence-electron chi connectivity index (χ0n) is 18.2. The van der Waals surface area contributed by atoms with E-state index in [4.69, 9.17) is 21.3 Å². The third-order valence-electron chi connectivity index (χ3n) is 5.51. The Labute approximate surface area is 190 Å². The molecule has 1 aromatic carbocycles. The number of halogens is 1. The van der Waals surface area contributed by atoms with Crippen LogP contribution in [0.4, 0.5) is 17.6 Å². The van der Waals surface area contributed by atoms with E-state index in [1.54, 1.807) is 0 Å². The maximum absolute atomic E-state index is 6.65. The molecule has 32 heavy (non-hydrogen) atoms. The number of nitrogens with one attached hydrogen (secondary N) is 3. The summed E-state index contributed by atoms with van der Waals surface area (Å²) in [5, 5.41) is 11.8. The lowest BCUT2D eigenvalue weighted by molar-refractivity contribution is 0.312. The number of benzene rings is 1. The Morgan fingerprint density at radius 1 is 1.03 bits per heavy atom. The first-order chi connectivity index (χ1) is 15.4. The van der Waals surface area contributed by atoms with Gasteiger partial charge in [-0.2, -0.15) is 15.1 Å². The molecule has 0 aliphatic carbocycles. The minimum atomic E-state index is 0.414. The van der Waals surface area contributed by atoms with Crippen LogP contribution in [-0.2, 0) is 0 Å². The molecule has 5 rings (SSSR count). The van der Waals surface area contributed by atoms with Crippen molar-refractivity contribution < 1.29 is 4.74 Å². The van der Waals surface area contributed by atoms with Gasteiger partial charge in [-0.3, -0.25) is 5.10 Å². The lowest BCUT2D eigenvalue weighted by atomic mass is 10.2. The monoisotopic (exact) mass is 452 g/mol. The number of hydrogen-bond acceptors (Lipinski definition) is 7. The summed E-state index contributed by atoms with van der Waals surface area (Å²) in [5.41, 5.74) is 2.96. The zero-order chi connectivity index (χ0) is 22.2. The minimum absolute atomic E-state index is 0.414. The van der Waals surface area contributed by atoms with Crippen LogP contribution in [0.25, 0.3) is 10.9 Å². The van der Waals surface area contributed by atoms with E-state index < -0.39 is 0 Å². The smallest absolute Gasteiger partial charge is 0.233 e. The van der Waals surface area contributed by atoms with Gasteiger partial charge in [0, 0.05) is 60.6 Å². The van der Waals surface area contributed by atoms with E-state index in [0.29, 0.717) is 28.4 Å². The van der Waals surface area contributed by atoms with Gasteiger partial charge in [0.25, 0.3) is 0 Å². The first kappa shape index (κ1) is 20.6. The molecule has 1 fully saturated rings. The molecule has 1 aliphatic heterocycles. The predicted molar refractivity (Wildman–Crippen MR) is 126 cm³/mol. The van der Waals surface area contributed by atoms with Gasteiger partial charge in [-0.25, -0.2) is 0 Å². The number of fused-ring (bicyclic) bond motifs is 1. The van der Waals surface area contributed by atoms with Crippen molar-refractivity contribution in [2.45, 2.75) is 13.8 Å². The maximum Gasteiger partial charge on any atom is 0.233 e. The van der Waals surface area contributed by atoms with E-state index in [1.165, 1.54) is 0 Å². The molecule has 0 unspecified atom stereocenters. The Hall–Kier alpha value is -3.30. The van der Waals surface area contributed by atoms with Gasteiger partial charge in [0.1, 0.15) is 11.6 Å². The molecule has 9 nitrogen and oxygen atoms in total. The van der Waals surface area contributed by atoms with Gasteiger partial charge < -0.3 is 24.8 Å². The number of anilines is 3. The fraction of sp³-hybridized carbons (Fsp3) is 0.318. The third-order valence-corrected chi connectivity index (χ3v) is 5.90. The largest absolute Gasteiger partial charge is 0.437 e. The van der Waals surface area contributed by atoms with Crippen molar-refractivity contribution in [2.75, 3.05) is 43.4 Å². The molecule has 10 heteroatoms. The van der Waals surface area contributed by atoms with Crippen LogP contribution in [0.2, 0.25) is 5.02 Å². The fourth-order valence-electron chi connectivity index (χ4n) is 3.79. The van der Waals surface area contributed by atoms with Crippen LogP contribution in [0.15, 0.2) is 30.3 Å². The molecular formula is C22H25ClN8O. The number of likely N-dealkylation sites (N-methyl/N-ethyl adjacent to an activating group) is 1. The first-order valence-corrected chi connectivity index (χ1v) is 10.9. The normalized spacial score (nSPS) is 14.8. The molecule has 0 saturated carbocycles. The van der Waals surface area contributed by atoms with Crippen molar-refractivity contribution in [3.63, 3.8) is 0 Å². The van der Waals surface area contributed by atoms with Gasteiger partial charge in [-0.05, 0) is 39.1 Å². The highest BCUT2D eigenvalue weighted by Crippen LogP contribution is 2.36. The zero-order valence-corrected chi connectivity index (χ0v) is 19.0. The van der Waals surface area contributed by atoms with Crippen LogP contribution in [-0.4, -0.2) is 63.3 Å². The number of H-pyrrole nitrogens is 2. The summed E-state index contributed by atoms with van der Waals surface area (Å²) in [7, 11) is 2.12. The molecule has 3 N–H and O–H groups in total. The van der Waals surface area contributed by atoms with Gasteiger partial charge in [0.05, 0.1) is 5.02 Å². The van der Waals surface area contributed by atoms with Crippen LogP contribution in [0.5, 0.6) is 11.6 Å². The van der Waals surface area contributed by atoms with Gasteiger partial charge in [-0.1, -0.05) is 11.6 Å². The van der Waals surface area contributed by atoms with Crippen molar-refractivity contribution in [1.82, 2.24) is 30.0 Å². The first-order valence-electron chi connectivity index (χ1n) is 10.5. The van der Waals surface area contributed by atoms with Crippen LogP contribution in [0, 0.1) is 13.8 Å². The Morgan fingerprint density at radius 3 is 2.59 bits per heavy atom. The molecule has 1 aliphatic rings. The molecule has 1 saturated heterocycles. The van der Waals surface area contributed by atoms with E-state index in [2.05, 4.69) is 42.3 Å². The van der Waals surface area contributed by atoms with Gasteiger partial charge >= 0.3 is 0 Å². The summed E-state index contributed by atoms with van der Waals surface area (Å²) in [5.74, 6) is 2.82. The van der Waals surface area contributed by atoms with Crippen molar-refractivity contribution in [3.8, 4) is 11.6 Å². The number of aromatic amines is 2. The van der Waals surface area contributed by atoms with Gasteiger partial charge in [0.2, 0.25) is 11.8 Å². The summed E-state index contributed by atoms with van der Waals surface area (Å²) in [6, 6.07) is 9.56. The molecule has 0 spiro atoms. The maximum atomic E-state index is 6.65. The minimum Gasteiger partial charge on any atom is -0.437 e. The molecule has 4 heterocycles. The highest BCUT2D eigenvalue weighted by Gasteiger charge is 2.19. The fourth-order valence-corrected chi connectivity index (χ4v) is 4.05. The summed E-state index contributed by atoms with van der Waals surface area (Å²) in [6.45, 7) is 7.63. The predicted octanol–water partition coefficient (Wildman–Crippen LogP) is 4.24. The number of rotatable bonds is 5. The van der Waals surface area contributed by atoms with Crippen molar-refractivity contribution in [2.24, 2.45) is 0 Å². The van der Waals surface area contributed by atoms with E-state index >= 15 is 0 Å². The second kappa shape index (κ2) is 8.33. The second-order valence-corrected chi connectivity index (χ2v) is 8.51. The number of piperazine rings is 1. The number of aromatic nitrogens is 5. The van der Waals surface area contributed by atoms with Gasteiger partial charge in [0.15, 0.2) is 5.82 Å². The molecular weight excluding hydrogens is 428 g/mol. The Kier molecular flexibility index (Phi) is 5.36. The molecule has 0 amide bonds. The number of ether oxygens (including phenoxy) is 1. The Morgan fingerprint density at radius 2 is 1.84 bits per heavy atom. The van der Waals surface area contributed by atoms with Crippen LogP contribution < -0.4 is 15.0 Å². The highest BCUT2D eigenvalue weighted by molar-refractivity contribution is 6.37. The summed E-state index contributed by atoms with van der Waals surface area (Å²) in [4.78, 5) is 17.1. The number of nitrogens with zero attached hydrogens (tertiary/aromatic N) is 5. The second-order valence-electron chi connectivity index (χ2n) is 8.13. The quantitative estimate of drug-likeness (QED) is 0.416. The molecule has 166 valence electrons. The molecule has 0 atom stereocenters. The molecule has 3 aromatic heterocycles. The van der Waals surface area contributed by atoms with Crippen molar-refractivity contribution in [3.05, 3.63) is 46.7 Å². The number of hydrogen-bond donors (Lipinski definition) is 3. The Bertz CT molecular complexity index is 1260. The van der Waals surface area contributed by atoms with Crippen LogP contribution in [0.1, 0.15) is 11.4 Å². The summed E-state index contributed by atoms with van der Waals surface area (Å²) < 4.78 is 6.16. The van der Waals surface area contributed by atoms with Crippen molar-refractivity contribution >= 4 is 40.1 Å². The summed E-state index contributed by atoms with van der Waals surface area (Å²) >= 11 is 6.65. The van der Waals surface area contributed by atoms with E-state index in [-0.39, 0.29) is 0 Å². The average Bonchev–Trinajstić information content (AvgIpc) is 3.35. The Balaban J connectivity index is 1.49. The SMILES string of the molecule is Cc1cc(Nc2nc(Oc3ccc4[nH]c(C)cc4c3Cl)cc(N3CCN(C)CC3)n2)n[nH]1. The average molecular weight is 453 g/mol. The van der Waals surface area contributed by atoms with E-state index in [0.717, 1.165) is 54.3 Å². The van der Waals surface area contributed by atoms with Gasteiger partial charge in [-0.15, -0.1) is 0 Å². The molecule has 0 radical (unpaired) electrons. The van der Waals surface area contributed by atoms with Crippen LogP contribution in [0.3, 0.4) is 0 Å². The topological polar surface area (TPSA) is 98.0 Å². The summed E-state index contributed by atoms with van der Waals surface area (Å²) in [6.07, 6.45) is 0.